The quantitative estimate of drug-likeness (QED) is 0.764. The Hall–Kier alpha value is -1.27. The summed E-state index contributed by atoms with van der Waals surface area (Å²) in [4.78, 5) is 2.57. The molecule has 1 aromatic rings. The van der Waals surface area contributed by atoms with Crippen LogP contribution in [0.1, 0.15) is 30.7 Å². The fraction of sp³-hybridized carbons (Fsp3) is 0.615. The third kappa shape index (κ3) is 4.11. The average molecular weight is 282 g/mol. The molecular weight excluding hydrogens is 260 g/mol. The molecule has 1 heterocycles. The Labute approximate surface area is 120 Å². The molecule has 6 heteroatoms. The molecule has 2 N–H and O–H groups in total. The SMILES string of the molecule is CCN(CC)CCOc1nnc(C)c(C)c1C(N)=S. The molecule has 0 aliphatic carbocycles. The van der Waals surface area contributed by atoms with Crippen LogP contribution in [0.5, 0.6) is 5.88 Å². The minimum Gasteiger partial charge on any atom is -0.475 e. The van der Waals surface area contributed by atoms with Crippen molar-refractivity contribution in [2.75, 3.05) is 26.2 Å². The van der Waals surface area contributed by atoms with Crippen molar-refractivity contribution in [2.24, 2.45) is 5.73 Å². The summed E-state index contributed by atoms with van der Waals surface area (Å²) < 4.78 is 5.69. The highest BCUT2D eigenvalue weighted by Crippen LogP contribution is 2.20. The fourth-order valence-corrected chi connectivity index (χ4v) is 2.03. The summed E-state index contributed by atoms with van der Waals surface area (Å²) in [5.41, 5.74) is 8.19. The number of hydrogen-bond donors (Lipinski definition) is 1. The van der Waals surface area contributed by atoms with Gasteiger partial charge in [-0.3, -0.25) is 0 Å². The van der Waals surface area contributed by atoms with Gasteiger partial charge in [0, 0.05) is 6.54 Å². The molecule has 0 fully saturated rings. The minimum atomic E-state index is 0.299. The molecule has 0 atom stereocenters. The first-order valence-corrected chi connectivity index (χ1v) is 6.90. The lowest BCUT2D eigenvalue weighted by Crippen LogP contribution is -2.28. The molecule has 19 heavy (non-hydrogen) atoms. The van der Waals surface area contributed by atoms with Gasteiger partial charge in [0.15, 0.2) is 0 Å². The molecule has 0 radical (unpaired) electrons. The number of nitrogens with two attached hydrogens (primary N) is 1. The summed E-state index contributed by atoms with van der Waals surface area (Å²) >= 11 is 5.06. The van der Waals surface area contributed by atoms with Gasteiger partial charge in [-0.15, -0.1) is 5.10 Å². The van der Waals surface area contributed by atoms with Crippen LogP contribution in [-0.2, 0) is 0 Å². The van der Waals surface area contributed by atoms with Crippen LogP contribution in [0.25, 0.3) is 0 Å². The van der Waals surface area contributed by atoms with Crippen molar-refractivity contribution < 1.29 is 4.74 Å². The van der Waals surface area contributed by atoms with E-state index in [1.807, 2.05) is 13.8 Å². The molecule has 0 aliphatic heterocycles. The van der Waals surface area contributed by atoms with E-state index in [2.05, 4.69) is 28.9 Å². The van der Waals surface area contributed by atoms with Crippen molar-refractivity contribution in [1.82, 2.24) is 15.1 Å². The Bertz CT molecular complexity index is 447. The van der Waals surface area contributed by atoms with E-state index in [-0.39, 0.29) is 0 Å². The molecule has 0 saturated heterocycles. The number of likely N-dealkylation sites (N-methyl/N-ethyl adjacent to an activating group) is 1. The summed E-state index contributed by atoms with van der Waals surface area (Å²) in [5.74, 6) is 0.433. The second-order valence-corrected chi connectivity index (χ2v) is 4.77. The lowest BCUT2D eigenvalue weighted by atomic mass is 10.1. The lowest BCUT2D eigenvalue weighted by molar-refractivity contribution is 0.216. The van der Waals surface area contributed by atoms with E-state index in [1.54, 1.807) is 0 Å². The van der Waals surface area contributed by atoms with E-state index in [0.29, 0.717) is 23.0 Å². The van der Waals surface area contributed by atoms with Gasteiger partial charge in [0.2, 0.25) is 5.88 Å². The van der Waals surface area contributed by atoms with Gasteiger partial charge in [-0.1, -0.05) is 26.1 Å². The first kappa shape index (κ1) is 15.8. The molecule has 0 saturated carbocycles. The molecule has 0 aliphatic rings. The predicted molar refractivity (Wildman–Crippen MR) is 80.7 cm³/mol. The van der Waals surface area contributed by atoms with E-state index in [0.717, 1.165) is 30.9 Å². The third-order valence-electron chi connectivity index (χ3n) is 3.21. The maximum atomic E-state index is 5.74. The molecule has 0 unspecified atom stereocenters. The van der Waals surface area contributed by atoms with E-state index in [9.17, 15) is 0 Å². The lowest BCUT2D eigenvalue weighted by Gasteiger charge is -2.18. The van der Waals surface area contributed by atoms with Gasteiger partial charge in [-0.2, -0.15) is 5.10 Å². The molecule has 106 valence electrons. The highest BCUT2D eigenvalue weighted by atomic mass is 32.1. The van der Waals surface area contributed by atoms with E-state index in [1.165, 1.54) is 0 Å². The Morgan fingerprint density at radius 3 is 2.42 bits per heavy atom. The second-order valence-electron chi connectivity index (χ2n) is 4.33. The number of nitrogens with zero attached hydrogens (tertiary/aromatic N) is 3. The second kappa shape index (κ2) is 7.35. The first-order chi connectivity index (χ1) is 9.01. The van der Waals surface area contributed by atoms with Crippen LogP contribution < -0.4 is 10.5 Å². The summed E-state index contributed by atoms with van der Waals surface area (Å²) in [6, 6.07) is 0. The van der Waals surface area contributed by atoms with Gasteiger partial charge in [0.05, 0.1) is 11.3 Å². The van der Waals surface area contributed by atoms with E-state index < -0.39 is 0 Å². The van der Waals surface area contributed by atoms with Crippen molar-refractivity contribution in [3.8, 4) is 5.88 Å². The largest absolute Gasteiger partial charge is 0.475 e. The van der Waals surface area contributed by atoms with E-state index in [4.69, 9.17) is 22.7 Å². The first-order valence-electron chi connectivity index (χ1n) is 6.50. The number of ether oxygens (including phenoxy) is 1. The fourth-order valence-electron chi connectivity index (χ4n) is 1.79. The number of aryl methyl sites for hydroxylation is 1. The number of aromatic nitrogens is 2. The van der Waals surface area contributed by atoms with Crippen LogP contribution >= 0.6 is 12.2 Å². The number of hydrogen-bond acceptors (Lipinski definition) is 5. The molecule has 1 rings (SSSR count). The molecule has 0 amide bonds. The van der Waals surface area contributed by atoms with Gasteiger partial charge in [-0.25, -0.2) is 0 Å². The van der Waals surface area contributed by atoms with Gasteiger partial charge >= 0.3 is 0 Å². The smallest absolute Gasteiger partial charge is 0.244 e. The summed E-state index contributed by atoms with van der Waals surface area (Å²) in [7, 11) is 0. The van der Waals surface area contributed by atoms with Crippen LogP contribution in [-0.4, -0.2) is 46.3 Å². The normalized spacial score (nSPS) is 10.8. The highest BCUT2D eigenvalue weighted by Gasteiger charge is 2.15. The van der Waals surface area contributed by atoms with Crippen molar-refractivity contribution in [3.63, 3.8) is 0 Å². The maximum absolute atomic E-state index is 5.74. The van der Waals surface area contributed by atoms with Crippen LogP contribution in [0.4, 0.5) is 0 Å². The maximum Gasteiger partial charge on any atom is 0.244 e. The summed E-state index contributed by atoms with van der Waals surface area (Å²) in [6.45, 7) is 11.5. The minimum absolute atomic E-state index is 0.299. The summed E-state index contributed by atoms with van der Waals surface area (Å²) in [5, 5.41) is 8.11. The van der Waals surface area contributed by atoms with E-state index >= 15 is 0 Å². The van der Waals surface area contributed by atoms with Crippen molar-refractivity contribution in [1.29, 1.82) is 0 Å². The summed E-state index contributed by atoms with van der Waals surface area (Å²) in [6.07, 6.45) is 0. The van der Waals surface area contributed by atoms with Gasteiger partial charge < -0.3 is 15.4 Å². The molecule has 0 spiro atoms. The topological polar surface area (TPSA) is 64.3 Å². The predicted octanol–water partition coefficient (Wildman–Crippen LogP) is 1.45. The van der Waals surface area contributed by atoms with Gasteiger partial charge in [0.1, 0.15) is 11.6 Å². The molecular formula is C13H22N4OS. The Morgan fingerprint density at radius 1 is 1.26 bits per heavy atom. The third-order valence-corrected chi connectivity index (χ3v) is 3.41. The van der Waals surface area contributed by atoms with Crippen molar-refractivity contribution in [2.45, 2.75) is 27.7 Å². The Balaban J connectivity index is 2.79. The number of rotatable bonds is 7. The average Bonchev–Trinajstić information content (AvgIpc) is 2.38. The number of thiocarbonyl (C=S) groups is 1. The Kier molecular flexibility index (Phi) is 6.11. The van der Waals surface area contributed by atoms with Crippen molar-refractivity contribution in [3.05, 3.63) is 16.8 Å². The monoisotopic (exact) mass is 282 g/mol. The molecule has 0 bridgehead atoms. The zero-order valence-electron chi connectivity index (χ0n) is 12.1. The molecule has 0 aromatic carbocycles. The standard InChI is InChI=1S/C13H22N4OS/c1-5-17(6-2)7-8-18-13-11(12(14)19)9(3)10(4)15-16-13/h5-8H2,1-4H3,(H2,14,19). The van der Waals surface area contributed by atoms with Crippen LogP contribution in [0.2, 0.25) is 0 Å². The molecule has 1 aromatic heterocycles. The van der Waals surface area contributed by atoms with Crippen LogP contribution in [0.3, 0.4) is 0 Å². The Morgan fingerprint density at radius 2 is 1.89 bits per heavy atom. The van der Waals surface area contributed by atoms with Gasteiger partial charge in [-0.05, 0) is 32.5 Å². The molecule has 5 nitrogen and oxygen atoms in total. The zero-order valence-corrected chi connectivity index (χ0v) is 12.9. The highest BCUT2D eigenvalue weighted by molar-refractivity contribution is 7.80. The van der Waals surface area contributed by atoms with Gasteiger partial charge in [0.25, 0.3) is 0 Å². The van der Waals surface area contributed by atoms with Crippen LogP contribution in [0.15, 0.2) is 0 Å². The van der Waals surface area contributed by atoms with Crippen molar-refractivity contribution >= 4 is 17.2 Å². The van der Waals surface area contributed by atoms with Crippen LogP contribution in [0, 0.1) is 13.8 Å². The zero-order chi connectivity index (χ0) is 14.4.